The van der Waals surface area contributed by atoms with Gasteiger partial charge in [0.1, 0.15) is 6.35 Å². The number of aliphatic hydroxyl groups is 1. The minimum absolute atomic E-state index is 0. The van der Waals surface area contributed by atoms with Crippen LogP contribution in [0.5, 0.6) is 0 Å². The first-order chi connectivity index (χ1) is 43.7. The van der Waals surface area contributed by atoms with Crippen LogP contribution in [0.1, 0.15) is 183 Å². The highest BCUT2D eigenvalue weighted by Crippen LogP contribution is 2.71. The van der Waals surface area contributed by atoms with E-state index in [0.29, 0.717) is 38.5 Å². The van der Waals surface area contributed by atoms with E-state index in [4.69, 9.17) is 32.7 Å². The number of Topliss-reactive ketones (excluding diaryl/α,β-unsaturated/α-hetero) is 2. The fourth-order valence-corrected chi connectivity index (χ4v) is 21.1. The third kappa shape index (κ3) is 17.3. The molecule has 554 valence electrons. The fourth-order valence-electron chi connectivity index (χ4n) is 17.5. The number of carbonyl (C=O) groups excluding carboxylic acids is 8. The zero-order chi connectivity index (χ0) is 70.6. The van der Waals surface area contributed by atoms with Crippen LogP contribution in [0.3, 0.4) is 0 Å². The number of hydrogen-bond donors (Lipinski definition) is 1. The monoisotopic (exact) mass is 1440 g/mol. The molecule has 97 heavy (non-hydrogen) atoms. The molecule has 1 N–H and O–H groups in total. The molecule has 8 aliphatic rings. The summed E-state index contributed by atoms with van der Waals surface area (Å²) < 4.78 is 134. The smallest absolute Gasteiger partial charge is 0.458 e. The largest absolute Gasteiger partial charge is 0.523 e. The van der Waals surface area contributed by atoms with Crippen LogP contribution in [0.25, 0.3) is 0 Å². The predicted molar refractivity (Wildman–Crippen MR) is 353 cm³/mol. The Morgan fingerprint density at radius 2 is 0.979 bits per heavy atom. The summed E-state index contributed by atoms with van der Waals surface area (Å²) in [7, 11) is -13.4. The number of aliphatic hydroxyl groups excluding tert-OH is 1. The van der Waals surface area contributed by atoms with Gasteiger partial charge in [-0.1, -0.05) is 101 Å². The van der Waals surface area contributed by atoms with Gasteiger partial charge in [-0.3, -0.25) is 51.7 Å². The molecule has 0 aromatic carbocycles. The molecule has 0 saturated heterocycles. The molecular formula is C68H107F3O23P2S. The van der Waals surface area contributed by atoms with Gasteiger partial charge in [0.2, 0.25) is 11.6 Å². The number of halogens is 3. The Hall–Kier alpha value is -4.56. The van der Waals surface area contributed by atoms with Gasteiger partial charge in [0.15, 0.2) is 42.3 Å². The first kappa shape index (κ1) is 86.7. The third-order valence-corrected chi connectivity index (χ3v) is 25.8. The Morgan fingerprint density at radius 1 is 0.608 bits per heavy atom. The van der Waals surface area contributed by atoms with E-state index in [1.54, 1.807) is 52.0 Å². The molecule has 6 saturated carbocycles. The van der Waals surface area contributed by atoms with E-state index in [9.17, 15) is 74.2 Å². The summed E-state index contributed by atoms with van der Waals surface area (Å²) in [5, 5.41) is 11.6. The molecule has 29 heteroatoms. The van der Waals surface area contributed by atoms with E-state index in [1.165, 1.54) is 27.7 Å². The molecule has 0 aromatic rings. The van der Waals surface area contributed by atoms with Crippen molar-refractivity contribution in [1.82, 2.24) is 0 Å². The van der Waals surface area contributed by atoms with Gasteiger partial charge in [0.05, 0.1) is 38.6 Å². The van der Waals surface area contributed by atoms with Gasteiger partial charge < -0.3 is 46.9 Å². The van der Waals surface area contributed by atoms with Gasteiger partial charge in [-0.2, -0.15) is 21.6 Å². The van der Waals surface area contributed by atoms with Crippen LogP contribution in [-0.4, -0.2) is 142 Å². The fraction of sp³-hybridized carbons (Fsp3) is 0.765. The van der Waals surface area contributed by atoms with Crippen molar-refractivity contribution in [2.75, 3.05) is 52.3 Å². The standard InChI is InChI=1S/C32H47O10P.C27H36O7.C6H12F3O6PS.3CH4/c1-8-28(36)42-32(27(35)18-38-21(5)33)14-12-24-23-15-20(4)25-16-22(34)11-13-30(25,6)29(23)26(17-31(24,32)7)39-19-43(37,40-9-2)41-10-3;1-6-23(32)34-27(22(31)14-33-16(3)28)10-8-19-18-11-15(2)20-12-17(29)7-9-25(20,4)24(18)21(30)13-26(19,27)5;1-3-13-16(10,14-4-2)5-15-17(11,12)6(7,8)9;;;/h11,13,16,20,23-24,26,29H,8-10,12,14-15,17-19H2,1-7H3;7,9,12,15,18-19,21,24,30H,6,8,10-11,13-14H2,1-5H3;3-5H2,1-2H3;3*1H4/t20-,23-,24-,26-,29+,30-,31-,32-;15-,18-,19-,21-,24+,25-,26-,27-;;;;/m00..../s1. The quantitative estimate of drug-likeness (QED) is 0.0308. The lowest BCUT2D eigenvalue weighted by Crippen LogP contribution is -2.64. The van der Waals surface area contributed by atoms with Crippen LogP contribution < -0.4 is 0 Å². The maximum absolute atomic E-state index is 14.0. The van der Waals surface area contributed by atoms with E-state index >= 15 is 0 Å². The molecule has 8 rings (SSSR count). The number of esters is 4. The average Bonchev–Trinajstić information content (AvgIpc) is 1.63. The molecule has 0 radical (unpaired) electrons. The van der Waals surface area contributed by atoms with Crippen LogP contribution in [-0.2, 0) is 104 Å². The van der Waals surface area contributed by atoms with Gasteiger partial charge in [0.25, 0.3) is 0 Å². The second-order valence-electron chi connectivity index (χ2n) is 26.6. The van der Waals surface area contributed by atoms with Gasteiger partial charge in [-0.05, 0) is 139 Å². The Balaban J connectivity index is 0.000000406. The minimum atomic E-state index is -5.80. The zero-order valence-corrected chi connectivity index (χ0v) is 58.9. The van der Waals surface area contributed by atoms with Crippen LogP contribution >= 0.6 is 15.2 Å². The molecular weight excluding hydrogens is 1340 g/mol. The van der Waals surface area contributed by atoms with Crippen LogP contribution in [0, 0.1) is 69.0 Å². The molecule has 0 bridgehead atoms. The summed E-state index contributed by atoms with van der Waals surface area (Å²) in [6.07, 6.45) is 12.1. The van der Waals surface area contributed by atoms with Crippen LogP contribution in [0.4, 0.5) is 13.2 Å². The summed E-state index contributed by atoms with van der Waals surface area (Å²) in [5.41, 5.74) is -9.04. The Bertz CT molecular complexity index is 3220. The van der Waals surface area contributed by atoms with Gasteiger partial charge in [-0.25, -0.2) is 0 Å². The van der Waals surface area contributed by atoms with Crippen molar-refractivity contribution in [3.63, 3.8) is 0 Å². The predicted octanol–water partition coefficient (Wildman–Crippen LogP) is 12.9. The average molecular weight is 1440 g/mol. The van der Waals surface area contributed by atoms with Crippen molar-refractivity contribution >= 4 is 72.3 Å². The maximum atomic E-state index is 14.0. The van der Waals surface area contributed by atoms with Crippen molar-refractivity contribution in [3.05, 3.63) is 47.6 Å². The van der Waals surface area contributed by atoms with Crippen LogP contribution in [0.2, 0.25) is 0 Å². The topological polar surface area (TPSA) is 317 Å². The van der Waals surface area contributed by atoms with E-state index in [0.717, 1.165) is 24.0 Å². The molecule has 0 heterocycles. The first-order valence-electron chi connectivity index (χ1n) is 32.4. The third-order valence-electron chi connectivity index (χ3n) is 21.1. The number of fused-ring (bicyclic) bond motifs is 10. The molecule has 23 nitrogen and oxygen atoms in total. The normalized spacial score (nSPS) is 33.7. The van der Waals surface area contributed by atoms with Gasteiger partial charge >= 0.3 is 54.7 Å². The maximum Gasteiger partial charge on any atom is 0.523 e. The SMILES string of the molecule is C.C.C.CCC(=O)O[C@]1(C(=O)COC(C)=O)CC[C@H]2[C@@H]3C[C@H](C)C4=CC(=O)C=C[C@]4(C)[C@H]3[C@@H](O)C[C@@]21C.CCOP(=O)(COS(=O)(=O)C(F)(F)F)OCC.CCOP(=O)(CO[C@H]1C[C@@]2(C)[C@@H](CC[C@]2(OC(=O)CC)C(=O)COC(C)=O)[C@@H]2C[C@H](C)C3=CC(=O)C=C[C@]3(C)[C@H]21)OCC. The summed E-state index contributed by atoms with van der Waals surface area (Å²) in [5.74, 6) is -2.90. The van der Waals surface area contributed by atoms with Gasteiger partial charge in [0, 0.05) is 60.2 Å². The summed E-state index contributed by atoms with van der Waals surface area (Å²) >= 11 is 0. The number of rotatable bonds is 24. The number of carbonyl (C=O) groups is 8. The number of ether oxygens (including phenoxy) is 5. The Labute approximate surface area is 571 Å². The molecule has 16 atom stereocenters. The number of allylic oxidation sites excluding steroid dienone is 8. The first-order valence-corrected chi connectivity index (χ1v) is 37.2. The Kier molecular flexibility index (Phi) is 29.9. The van der Waals surface area contributed by atoms with Gasteiger partial charge in [-0.15, -0.1) is 0 Å². The van der Waals surface area contributed by atoms with Crippen molar-refractivity contribution < 1.29 is 120 Å². The number of alkyl halides is 3. The molecule has 0 unspecified atom stereocenters. The molecule has 0 amide bonds. The van der Waals surface area contributed by atoms with Crippen molar-refractivity contribution in [1.29, 1.82) is 0 Å². The van der Waals surface area contributed by atoms with E-state index in [-0.39, 0.29) is 127 Å². The van der Waals surface area contributed by atoms with Crippen molar-refractivity contribution in [2.45, 2.75) is 212 Å². The highest BCUT2D eigenvalue weighted by atomic mass is 32.2. The molecule has 6 fully saturated rings. The zero-order valence-electron chi connectivity index (χ0n) is 56.3. The van der Waals surface area contributed by atoms with E-state index < -0.39 is 131 Å². The van der Waals surface area contributed by atoms with Crippen LogP contribution in [0.15, 0.2) is 47.6 Å². The van der Waals surface area contributed by atoms with E-state index in [1.807, 2.05) is 26.0 Å². The van der Waals surface area contributed by atoms with Crippen molar-refractivity contribution in [2.24, 2.45) is 69.0 Å². The second kappa shape index (κ2) is 33.5. The Morgan fingerprint density at radius 3 is 1.35 bits per heavy atom. The highest BCUT2D eigenvalue weighted by molar-refractivity contribution is 7.87. The molecule has 0 aliphatic heterocycles. The summed E-state index contributed by atoms with van der Waals surface area (Å²) in [6.45, 7) is 23.8. The van der Waals surface area contributed by atoms with E-state index in [2.05, 4.69) is 40.9 Å². The summed E-state index contributed by atoms with van der Waals surface area (Å²) in [6, 6.07) is 0. The van der Waals surface area contributed by atoms with Crippen molar-refractivity contribution in [3.8, 4) is 0 Å². The molecule has 0 aromatic heterocycles. The lowest BCUT2D eigenvalue weighted by Gasteiger charge is -2.61. The number of hydrogen-bond acceptors (Lipinski definition) is 23. The second-order valence-corrected chi connectivity index (χ2v) is 32.2. The lowest BCUT2D eigenvalue weighted by atomic mass is 9.44. The lowest BCUT2D eigenvalue weighted by molar-refractivity contribution is -0.205. The number of ketones is 4. The molecule has 0 spiro atoms. The molecule has 8 aliphatic carbocycles. The summed E-state index contributed by atoms with van der Waals surface area (Å²) in [4.78, 5) is 101. The minimum Gasteiger partial charge on any atom is -0.458 e. The highest BCUT2D eigenvalue weighted by Gasteiger charge is 2.73.